The fourth-order valence-corrected chi connectivity index (χ4v) is 5.84. The van der Waals surface area contributed by atoms with Gasteiger partial charge in [-0.2, -0.15) is 9.97 Å². The third-order valence-corrected chi connectivity index (χ3v) is 7.97. The molecule has 4 N–H and O–H groups in total. The number of rotatable bonds is 7. The van der Waals surface area contributed by atoms with Crippen LogP contribution in [0.4, 0.5) is 5.82 Å². The second kappa shape index (κ2) is 10.6. The standard InChI is InChI=1S/C27H35N7O3/c28-21-6-1-7-22(21)31-26(35)23-14-24(33-27(32-23)37-16-18-4-3-13-36-18)34-11-8-17(9-12-34)20-15-30-25-19(20)5-2-10-29-25/h2,5,10,14-15,17-18,21-22H,1,3-4,6-9,11-13,16,28H2,(H,29,30)(H,31,35)/t18-,21?,22?/m1/s1. The number of pyridine rings is 1. The molecule has 2 unspecified atom stereocenters. The molecule has 1 aliphatic carbocycles. The zero-order chi connectivity index (χ0) is 25.2. The number of carbonyl (C=O) groups excluding carboxylic acids is 1. The molecular formula is C27H35N7O3. The van der Waals surface area contributed by atoms with Crippen LogP contribution in [0.3, 0.4) is 0 Å². The Labute approximate surface area is 216 Å². The molecule has 5 heterocycles. The van der Waals surface area contributed by atoms with E-state index >= 15 is 0 Å². The van der Waals surface area contributed by atoms with Gasteiger partial charge < -0.3 is 30.4 Å². The van der Waals surface area contributed by atoms with Gasteiger partial charge in [0.05, 0.1) is 6.10 Å². The Kier molecular flexibility index (Phi) is 6.93. The van der Waals surface area contributed by atoms with E-state index in [4.69, 9.17) is 20.2 Å². The number of aromatic amines is 1. The first-order chi connectivity index (χ1) is 18.1. The van der Waals surface area contributed by atoms with Crippen molar-refractivity contribution in [3.05, 3.63) is 41.9 Å². The number of H-pyrrole nitrogens is 1. The molecule has 0 radical (unpaired) electrons. The quantitative estimate of drug-likeness (QED) is 0.447. The zero-order valence-corrected chi connectivity index (χ0v) is 21.1. The smallest absolute Gasteiger partial charge is 0.319 e. The number of ether oxygens (including phenoxy) is 2. The normalized spacial score (nSPS) is 24.6. The van der Waals surface area contributed by atoms with Crippen molar-refractivity contribution in [1.29, 1.82) is 0 Å². The van der Waals surface area contributed by atoms with Crippen LogP contribution < -0.4 is 20.7 Å². The SMILES string of the molecule is NC1CCCC1NC(=O)c1cc(N2CCC(c3c[nH]c4ncccc34)CC2)nc(OC[C@H]2CCCO2)n1. The van der Waals surface area contributed by atoms with Crippen molar-refractivity contribution in [2.45, 2.75) is 69.1 Å². The van der Waals surface area contributed by atoms with Gasteiger partial charge in [0, 0.05) is 55.6 Å². The molecule has 6 rings (SSSR count). The van der Waals surface area contributed by atoms with Crippen LogP contribution in [0.25, 0.3) is 11.0 Å². The van der Waals surface area contributed by atoms with Gasteiger partial charge in [-0.3, -0.25) is 4.79 Å². The van der Waals surface area contributed by atoms with E-state index in [1.54, 1.807) is 6.07 Å². The van der Waals surface area contributed by atoms with Gasteiger partial charge in [-0.25, -0.2) is 4.98 Å². The van der Waals surface area contributed by atoms with Crippen LogP contribution in [0.2, 0.25) is 0 Å². The zero-order valence-electron chi connectivity index (χ0n) is 21.1. The van der Waals surface area contributed by atoms with Crippen molar-refractivity contribution in [1.82, 2.24) is 25.3 Å². The number of piperidine rings is 1. The Balaban J connectivity index is 1.19. The molecule has 3 fully saturated rings. The lowest BCUT2D eigenvalue weighted by Crippen LogP contribution is -2.44. The third kappa shape index (κ3) is 5.26. The number of nitrogens with zero attached hydrogens (tertiary/aromatic N) is 4. The fraction of sp³-hybridized carbons (Fsp3) is 0.556. The lowest BCUT2D eigenvalue weighted by atomic mass is 9.89. The van der Waals surface area contributed by atoms with Crippen molar-refractivity contribution in [3.8, 4) is 6.01 Å². The van der Waals surface area contributed by atoms with E-state index in [0.29, 0.717) is 18.2 Å². The number of anilines is 1. The summed E-state index contributed by atoms with van der Waals surface area (Å²) in [6, 6.07) is 6.08. The van der Waals surface area contributed by atoms with Gasteiger partial charge >= 0.3 is 6.01 Å². The molecule has 1 amide bonds. The van der Waals surface area contributed by atoms with E-state index in [-0.39, 0.29) is 30.1 Å². The summed E-state index contributed by atoms with van der Waals surface area (Å²) in [5.41, 5.74) is 8.75. The molecule has 2 aliphatic heterocycles. The minimum absolute atomic E-state index is 0.0146. The number of hydrogen-bond donors (Lipinski definition) is 3. The van der Waals surface area contributed by atoms with Crippen molar-refractivity contribution in [2.75, 3.05) is 31.2 Å². The monoisotopic (exact) mass is 505 g/mol. The van der Waals surface area contributed by atoms with Crippen LogP contribution in [0.5, 0.6) is 6.01 Å². The van der Waals surface area contributed by atoms with Crippen LogP contribution in [0.1, 0.15) is 66.9 Å². The number of amides is 1. The molecule has 0 aromatic carbocycles. The molecule has 10 heteroatoms. The number of hydrogen-bond acceptors (Lipinski definition) is 8. The molecule has 10 nitrogen and oxygen atoms in total. The van der Waals surface area contributed by atoms with Crippen LogP contribution in [-0.2, 0) is 4.74 Å². The van der Waals surface area contributed by atoms with Gasteiger partial charge in [0.1, 0.15) is 23.8 Å². The molecule has 3 atom stereocenters. The predicted molar refractivity (Wildman–Crippen MR) is 140 cm³/mol. The summed E-state index contributed by atoms with van der Waals surface area (Å²) in [4.78, 5) is 32.3. The Bertz CT molecular complexity index is 1230. The van der Waals surface area contributed by atoms with Gasteiger partial charge in [0.15, 0.2) is 0 Å². The summed E-state index contributed by atoms with van der Waals surface area (Å²) in [5, 5.41) is 4.27. The Morgan fingerprint density at radius 1 is 1.19 bits per heavy atom. The molecule has 3 aromatic heterocycles. The first-order valence-corrected chi connectivity index (χ1v) is 13.5. The minimum Gasteiger partial charge on any atom is -0.461 e. The molecule has 37 heavy (non-hydrogen) atoms. The molecule has 1 saturated carbocycles. The lowest BCUT2D eigenvalue weighted by Gasteiger charge is -2.33. The van der Waals surface area contributed by atoms with Crippen LogP contribution >= 0.6 is 0 Å². The molecular weight excluding hydrogens is 470 g/mol. The molecule has 0 spiro atoms. The van der Waals surface area contributed by atoms with Gasteiger partial charge in [0.2, 0.25) is 0 Å². The van der Waals surface area contributed by atoms with Gasteiger partial charge in [0.25, 0.3) is 5.91 Å². The Morgan fingerprint density at radius 2 is 2.08 bits per heavy atom. The van der Waals surface area contributed by atoms with E-state index in [2.05, 4.69) is 37.4 Å². The second-order valence-corrected chi connectivity index (χ2v) is 10.4. The van der Waals surface area contributed by atoms with Crippen LogP contribution in [-0.4, -0.2) is 70.3 Å². The third-order valence-electron chi connectivity index (χ3n) is 7.97. The van der Waals surface area contributed by atoms with Crippen LogP contribution in [0, 0.1) is 0 Å². The molecule has 3 aromatic rings. The number of nitrogens with two attached hydrogens (primary N) is 1. The summed E-state index contributed by atoms with van der Waals surface area (Å²) >= 11 is 0. The van der Waals surface area contributed by atoms with Gasteiger partial charge in [-0.05, 0) is 68.6 Å². The fourth-order valence-electron chi connectivity index (χ4n) is 5.84. The van der Waals surface area contributed by atoms with E-state index in [1.165, 1.54) is 10.9 Å². The van der Waals surface area contributed by atoms with Crippen molar-refractivity contribution >= 4 is 22.8 Å². The van der Waals surface area contributed by atoms with Crippen LogP contribution in [0.15, 0.2) is 30.6 Å². The van der Waals surface area contributed by atoms with Crippen molar-refractivity contribution in [3.63, 3.8) is 0 Å². The number of aromatic nitrogens is 4. The molecule has 3 aliphatic rings. The highest BCUT2D eigenvalue weighted by Crippen LogP contribution is 2.34. The first kappa shape index (κ1) is 24.1. The molecule has 196 valence electrons. The minimum atomic E-state index is -0.228. The first-order valence-electron chi connectivity index (χ1n) is 13.5. The maximum atomic E-state index is 13.2. The predicted octanol–water partition coefficient (Wildman–Crippen LogP) is 2.90. The number of nitrogens with one attached hydrogen (secondary N) is 2. The van der Waals surface area contributed by atoms with E-state index in [9.17, 15) is 4.79 Å². The van der Waals surface area contributed by atoms with Gasteiger partial charge in [-0.1, -0.05) is 0 Å². The highest BCUT2D eigenvalue weighted by Gasteiger charge is 2.28. The topological polar surface area (TPSA) is 131 Å². The van der Waals surface area contributed by atoms with E-state index < -0.39 is 0 Å². The summed E-state index contributed by atoms with van der Waals surface area (Å²) in [6.07, 6.45) is 10.8. The second-order valence-electron chi connectivity index (χ2n) is 10.4. The number of fused-ring (bicyclic) bond motifs is 1. The highest BCUT2D eigenvalue weighted by atomic mass is 16.5. The Morgan fingerprint density at radius 3 is 2.86 bits per heavy atom. The maximum absolute atomic E-state index is 13.2. The van der Waals surface area contributed by atoms with E-state index in [1.807, 2.05) is 12.3 Å². The lowest BCUT2D eigenvalue weighted by molar-refractivity contribution is 0.0643. The number of carbonyl (C=O) groups is 1. The average molecular weight is 506 g/mol. The summed E-state index contributed by atoms with van der Waals surface area (Å²) in [7, 11) is 0. The summed E-state index contributed by atoms with van der Waals surface area (Å²) < 4.78 is 11.6. The van der Waals surface area contributed by atoms with Crippen molar-refractivity contribution in [2.24, 2.45) is 5.73 Å². The summed E-state index contributed by atoms with van der Waals surface area (Å²) in [6.45, 7) is 2.79. The van der Waals surface area contributed by atoms with Gasteiger partial charge in [-0.15, -0.1) is 0 Å². The largest absolute Gasteiger partial charge is 0.461 e. The van der Waals surface area contributed by atoms with Crippen molar-refractivity contribution < 1.29 is 14.3 Å². The maximum Gasteiger partial charge on any atom is 0.319 e. The molecule has 0 bridgehead atoms. The Hall–Kier alpha value is -3.24. The van der Waals surface area contributed by atoms with E-state index in [0.717, 1.165) is 76.1 Å². The molecule has 2 saturated heterocycles. The summed E-state index contributed by atoms with van der Waals surface area (Å²) in [5.74, 6) is 0.935. The highest BCUT2D eigenvalue weighted by molar-refractivity contribution is 5.93. The average Bonchev–Trinajstić information content (AvgIpc) is 3.69.